The van der Waals surface area contributed by atoms with Crippen LogP contribution in [0.2, 0.25) is 0 Å². The van der Waals surface area contributed by atoms with Crippen LogP contribution in [0.5, 0.6) is 5.88 Å². The predicted molar refractivity (Wildman–Crippen MR) is 84.0 cm³/mol. The van der Waals surface area contributed by atoms with Crippen LogP contribution in [0.4, 0.5) is 5.82 Å². The molecule has 2 rings (SSSR count). The lowest BCUT2D eigenvalue weighted by molar-refractivity contribution is 0.0192. The average molecular weight is 293 g/mol. The molecular weight excluding hydrogens is 266 g/mol. The van der Waals surface area contributed by atoms with Gasteiger partial charge in [0.25, 0.3) is 0 Å². The average Bonchev–Trinajstić information content (AvgIpc) is 2.51. The molecule has 0 radical (unpaired) electrons. The summed E-state index contributed by atoms with van der Waals surface area (Å²) < 4.78 is 11.6. The molecule has 5 heteroatoms. The maximum atomic E-state index is 6.18. The number of methoxy groups -OCH3 is 1. The van der Waals surface area contributed by atoms with Gasteiger partial charge in [-0.2, -0.15) is 4.98 Å². The second kappa shape index (κ2) is 7.59. The van der Waals surface area contributed by atoms with Crippen molar-refractivity contribution in [3.8, 4) is 5.88 Å². The van der Waals surface area contributed by atoms with E-state index in [0.717, 1.165) is 61.7 Å². The number of anilines is 1. The standard InChI is InChI=1S/C16H27N3O2/c1-5-14-18-15(17-6-2)11(3)16(19-14)21-13-9-7-8-12(10-13)20-4/h12-13H,5-10H2,1-4H3,(H,17,18,19). The number of rotatable bonds is 6. The number of hydrogen-bond acceptors (Lipinski definition) is 5. The summed E-state index contributed by atoms with van der Waals surface area (Å²) in [5, 5.41) is 3.29. The lowest BCUT2D eigenvalue weighted by Crippen LogP contribution is -2.30. The number of nitrogens with one attached hydrogen (secondary N) is 1. The molecule has 0 amide bonds. The third-order valence-corrected chi connectivity index (χ3v) is 4.00. The van der Waals surface area contributed by atoms with Gasteiger partial charge in [0.1, 0.15) is 17.7 Å². The van der Waals surface area contributed by atoms with Gasteiger partial charge < -0.3 is 14.8 Å². The maximum Gasteiger partial charge on any atom is 0.222 e. The van der Waals surface area contributed by atoms with Gasteiger partial charge in [0, 0.05) is 26.5 Å². The Labute approximate surface area is 127 Å². The summed E-state index contributed by atoms with van der Waals surface area (Å²) in [6, 6.07) is 0. The minimum atomic E-state index is 0.191. The van der Waals surface area contributed by atoms with Crippen molar-refractivity contribution in [1.29, 1.82) is 0 Å². The summed E-state index contributed by atoms with van der Waals surface area (Å²) >= 11 is 0. The first-order valence-corrected chi connectivity index (χ1v) is 7.98. The van der Waals surface area contributed by atoms with Crippen LogP contribution in [-0.2, 0) is 11.2 Å². The van der Waals surface area contributed by atoms with E-state index in [1.165, 1.54) is 0 Å². The molecule has 118 valence electrons. The van der Waals surface area contributed by atoms with Gasteiger partial charge in [0.2, 0.25) is 5.88 Å². The van der Waals surface area contributed by atoms with Gasteiger partial charge in [-0.1, -0.05) is 6.92 Å². The predicted octanol–water partition coefficient (Wildman–Crippen LogP) is 3.12. The van der Waals surface area contributed by atoms with Gasteiger partial charge >= 0.3 is 0 Å². The molecule has 1 fully saturated rings. The second-order valence-electron chi connectivity index (χ2n) is 5.57. The van der Waals surface area contributed by atoms with Crippen LogP contribution in [0.3, 0.4) is 0 Å². The van der Waals surface area contributed by atoms with Gasteiger partial charge in [-0.25, -0.2) is 4.98 Å². The molecule has 0 spiro atoms. The van der Waals surface area contributed by atoms with Crippen molar-refractivity contribution in [1.82, 2.24) is 9.97 Å². The van der Waals surface area contributed by atoms with E-state index in [9.17, 15) is 0 Å². The van der Waals surface area contributed by atoms with E-state index in [1.54, 1.807) is 7.11 Å². The van der Waals surface area contributed by atoms with E-state index < -0.39 is 0 Å². The van der Waals surface area contributed by atoms with Crippen LogP contribution in [0.15, 0.2) is 0 Å². The van der Waals surface area contributed by atoms with Crippen LogP contribution in [-0.4, -0.2) is 35.8 Å². The smallest absolute Gasteiger partial charge is 0.222 e. The van der Waals surface area contributed by atoms with E-state index in [1.807, 2.05) is 6.92 Å². The molecule has 1 aliphatic carbocycles. The van der Waals surface area contributed by atoms with Crippen molar-refractivity contribution < 1.29 is 9.47 Å². The molecule has 0 aromatic carbocycles. The molecule has 0 aliphatic heterocycles. The van der Waals surface area contributed by atoms with Gasteiger partial charge in [-0.15, -0.1) is 0 Å². The topological polar surface area (TPSA) is 56.3 Å². The van der Waals surface area contributed by atoms with Crippen molar-refractivity contribution in [3.63, 3.8) is 0 Å². The summed E-state index contributed by atoms with van der Waals surface area (Å²) in [5.41, 5.74) is 0.994. The molecule has 1 aromatic rings. The molecule has 1 N–H and O–H groups in total. The fourth-order valence-corrected chi connectivity index (χ4v) is 2.73. The number of aryl methyl sites for hydroxylation is 1. The second-order valence-corrected chi connectivity index (χ2v) is 5.57. The Hall–Kier alpha value is -1.36. The highest BCUT2D eigenvalue weighted by Crippen LogP contribution is 2.28. The highest BCUT2D eigenvalue weighted by molar-refractivity contribution is 5.48. The molecule has 2 unspecified atom stereocenters. The minimum Gasteiger partial charge on any atom is -0.474 e. The Morgan fingerprint density at radius 3 is 2.62 bits per heavy atom. The minimum absolute atomic E-state index is 0.191. The molecule has 21 heavy (non-hydrogen) atoms. The first-order valence-electron chi connectivity index (χ1n) is 7.98. The van der Waals surface area contributed by atoms with Crippen molar-refractivity contribution in [2.24, 2.45) is 0 Å². The molecule has 1 aliphatic rings. The van der Waals surface area contributed by atoms with Crippen molar-refractivity contribution in [2.75, 3.05) is 19.0 Å². The van der Waals surface area contributed by atoms with Gasteiger partial charge in [-0.05, 0) is 33.1 Å². The Kier molecular flexibility index (Phi) is 5.79. The maximum absolute atomic E-state index is 6.18. The molecule has 5 nitrogen and oxygen atoms in total. The molecule has 1 heterocycles. The van der Waals surface area contributed by atoms with E-state index >= 15 is 0 Å². The molecule has 0 bridgehead atoms. The third kappa shape index (κ3) is 4.06. The number of ether oxygens (including phenoxy) is 2. The fourth-order valence-electron chi connectivity index (χ4n) is 2.73. The van der Waals surface area contributed by atoms with Crippen LogP contribution in [0, 0.1) is 6.92 Å². The molecule has 1 saturated carbocycles. The van der Waals surface area contributed by atoms with E-state index in [-0.39, 0.29) is 6.10 Å². The SMILES string of the molecule is CCNc1nc(CC)nc(OC2CCCC(OC)C2)c1C. The molecule has 1 aromatic heterocycles. The first kappa shape index (κ1) is 16.0. The lowest BCUT2D eigenvalue weighted by atomic mass is 9.95. The quantitative estimate of drug-likeness (QED) is 0.873. The monoisotopic (exact) mass is 293 g/mol. The third-order valence-electron chi connectivity index (χ3n) is 4.00. The van der Waals surface area contributed by atoms with Gasteiger partial charge in [0.05, 0.1) is 11.7 Å². The summed E-state index contributed by atoms with van der Waals surface area (Å²) in [6.07, 6.45) is 5.59. The zero-order valence-electron chi connectivity index (χ0n) is 13.6. The summed E-state index contributed by atoms with van der Waals surface area (Å²) in [5.74, 6) is 2.43. The van der Waals surface area contributed by atoms with E-state index in [2.05, 4.69) is 29.1 Å². The van der Waals surface area contributed by atoms with Crippen LogP contribution in [0.25, 0.3) is 0 Å². The Morgan fingerprint density at radius 1 is 1.19 bits per heavy atom. The first-order chi connectivity index (χ1) is 10.2. The van der Waals surface area contributed by atoms with Crippen molar-refractivity contribution >= 4 is 5.82 Å². The van der Waals surface area contributed by atoms with Crippen molar-refractivity contribution in [3.05, 3.63) is 11.4 Å². The summed E-state index contributed by atoms with van der Waals surface area (Å²) in [7, 11) is 1.78. The highest BCUT2D eigenvalue weighted by Gasteiger charge is 2.24. The molecule has 0 saturated heterocycles. The summed E-state index contributed by atoms with van der Waals surface area (Å²) in [4.78, 5) is 9.10. The lowest BCUT2D eigenvalue weighted by Gasteiger charge is -2.29. The Morgan fingerprint density at radius 2 is 1.95 bits per heavy atom. The van der Waals surface area contributed by atoms with Gasteiger partial charge in [0.15, 0.2) is 0 Å². The zero-order chi connectivity index (χ0) is 15.2. The number of nitrogens with zero attached hydrogens (tertiary/aromatic N) is 2. The summed E-state index contributed by atoms with van der Waals surface area (Å²) in [6.45, 7) is 6.99. The van der Waals surface area contributed by atoms with Crippen LogP contribution >= 0.6 is 0 Å². The Balaban J connectivity index is 2.16. The Bertz CT molecular complexity index is 465. The van der Waals surface area contributed by atoms with E-state index in [0.29, 0.717) is 6.10 Å². The normalized spacial score (nSPS) is 22.1. The van der Waals surface area contributed by atoms with Crippen molar-refractivity contribution in [2.45, 2.75) is 65.1 Å². The van der Waals surface area contributed by atoms with Gasteiger partial charge in [-0.3, -0.25) is 0 Å². The van der Waals surface area contributed by atoms with Crippen LogP contribution in [0.1, 0.15) is 50.9 Å². The zero-order valence-corrected chi connectivity index (χ0v) is 13.6. The molecular formula is C16H27N3O2. The largest absolute Gasteiger partial charge is 0.474 e. The fraction of sp³-hybridized carbons (Fsp3) is 0.750. The molecule has 2 atom stereocenters. The van der Waals surface area contributed by atoms with Crippen LogP contribution < -0.4 is 10.1 Å². The highest BCUT2D eigenvalue weighted by atomic mass is 16.5. The van der Waals surface area contributed by atoms with E-state index in [4.69, 9.17) is 9.47 Å². The number of aromatic nitrogens is 2. The number of hydrogen-bond donors (Lipinski definition) is 1.